The maximum atomic E-state index is 12.4. The number of hydrogen-bond donors (Lipinski definition) is 2. The number of hydrogen-bond acceptors (Lipinski definition) is 3. The number of nitrogens with one attached hydrogen (secondary N) is 2. The molecule has 0 radical (unpaired) electrons. The summed E-state index contributed by atoms with van der Waals surface area (Å²) in [6.07, 6.45) is 0. The van der Waals surface area contributed by atoms with Crippen molar-refractivity contribution >= 4 is 29.3 Å². The molecule has 0 saturated carbocycles. The molecular formula is C18H18N2O2S. The van der Waals surface area contributed by atoms with E-state index in [1.807, 2.05) is 50.2 Å². The lowest BCUT2D eigenvalue weighted by Crippen LogP contribution is -2.28. The van der Waals surface area contributed by atoms with Crippen LogP contribution in [-0.2, 0) is 4.79 Å². The second kappa shape index (κ2) is 6.46. The standard InChI is InChI=1S/C18H18N2O2S/c1-11(13-6-4-3-5-7-13)19-18(22)14-8-9-16-15(10-14)20-17(21)12(2)23-16/h3-12H,1-2H3,(H,19,22)(H,20,21). The van der Waals surface area contributed by atoms with Crippen molar-refractivity contribution < 1.29 is 9.59 Å². The second-order valence-electron chi connectivity index (χ2n) is 5.57. The van der Waals surface area contributed by atoms with Gasteiger partial charge in [-0.1, -0.05) is 30.3 Å². The minimum atomic E-state index is -0.151. The Balaban J connectivity index is 1.76. The van der Waals surface area contributed by atoms with Gasteiger partial charge in [-0.25, -0.2) is 0 Å². The predicted octanol–water partition coefficient (Wildman–Crippen LogP) is 3.61. The Bertz CT molecular complexity index is 746. The van der Waals surface area contributed by atoms with Gasteiger partial charge in [0.05, 0.1) is 17.0 Å². The van der Waals surface area contributed by atoms with E-state index in [1.165, 1.54) is 11.8 Å². The molecule has 2 atom stereocenters. The van der Waals surface area contributed by atoms with Crippen molar-refractivity contribution in [1.82, 2.24) is 5.32 Å². The molecule has 3 rings (SSSR count). The van der Waals surface area contributed by atoms with Gasteiger partial charge in [0.15, 0.2) is 0 Å². The van der Waals surface area contributed by atoms with Gasteiger partial charge in [-0.3, -0.25) is 9.59 Å². The zero-order valence-corrected chi connectivity index (χ0v) is 13.8. The van der Waals surface area contributed by atoms with Crippen LogP contribution in [0, 0.1) is 0 Å². The van der Waals surface area contributed by atoms with Crippen LogP contribution in [0.15, 0.2) is 53.4 Å². The molecule has 0 fully saturated rings. The minimum Gasteiger partial charge on any atom is -0.346 e. The lowest BCUT2D eigenvalue weighted by Gasteiger charge is -2.22. The van der Waals surface area contributed by atoms with Gasteiger partial charge < -0.3 is 10.6 Å². The van der Waals surface area contributed by atoms with Crippen molar-refractivity contribution in [3.8, 4) is 0 Å². The molecular weight excluding hydrogens is 308 g/mol. The summed E-state index contributed by atoms with van der Waals surface area (Å²) in [4.78, 5) is 25.2. The topological polar surface area (TPSA) is 58.2 Å². The summed E-state index contributed by atoms with van der Waals surface area (Å²) in [5, 5.41) is 5.72. The normalized spacial score (nSPS) is 17.8. The summed E-state index contributed by atoms with van der Waals surface area (Å²) in [7, 11) is 0. The van der Waals surface area contributed by atoms with Crippen molar-refractivity contribution in [2.45, 2.75) is 30.0 Å². The molecule has 0 bridgehead atoms. The first-order valence-electron chi connectivity index (χ1n) is 7.52. The summed E-state index contributed by atoms with van der Waals surface area (Å²) >= 11 is 1.51. The van der Waals surface area contributed by atoms with Crippen molar-refractivity contribution in [2.24, 2.45) is 0 Å². The molecule has 2 amide bonds. The number of benzene rings is 2. The average Bonchev–Trinajstić information content (AvgIpc) is 2.56. The molecule has 2 N–H and O–H groups in total. The third-order valence-corrected chi connectivity index (χ3v) is 5.00. The number of carbonyl (C=O) groups excluding carboxylic acids is 2. The van der Waals surface area contributed by atoms with E-state index in [9.17, 15) is 9.59 Å². The van der Waals surface area contributed by atoms with Crippen LogP contribution in [-0.4, -0.2) is 17.1 Å². The van der Waals surface area contributed by atoms with Gasteiger partial charge in [-0.2, -0.15) is 0 Å². The van der Waals surface area contributed by atoms with Crippen molar-refractivity contribution in [3.63, 3.8) is 0 Å². The molecule has 0 saturated heterocycles. The van der Waals surface area contributed by atoms with Gasteiger partial charge in [0.1, 0.15) is 0 Å². The molecule has 2 aromatic carbocycles. The first kappa shape index (κ1) is 15.6. The first-order valence-corrected chi connectivity index (χ1v) is 8.40. The minimum absolute atomic E-state index is 0.0299. The Morgan fingerprint density at radius 2 is 1.96 bits per heavy atom. The fourth-order valence-corrected chi connectivity index (χ4v) is 3.39. The predicted molar refractivity (Wildman–Crippen MR) is 92.7 cm³/mol. The van der Waals surface area contributed by atoms with Crippen LogP contribution in [0.4, 0.5) is 5.69 Å². The third-order valence-electron chi connectivity index (χ3n) is 3.82. The highest BCUT2D eigenvalue weighted by Crippen LogP contribution is 2.35. The second-order valence-corrected chi connectivity index (χ2v) is 6.95. The maximum Gasteiger partial charge on any atom is 0.251 e. The van der Waals surface area contributed by atoms with Crippen LogP contribution in [0.2, 0.25) is 0 Å². The smallest absolute Gasteiger partial charge is 0.251 e. The van der Waals surface area contributed by atoms with Gasteiger partial charge >= 0.3 is 0 Å². The number of amides is 2. The average molecular weight is 326 g/mol. The van der Waals surface area contributed by atoms with E-state index in [4.69, 9.17) is 0 Å². The Labute approximate surface area is 139 Å². The van der Waals surface area contributed by atoms with Gasteiger partial charge in [0.25, 0.3) is 5.91 Å². The van der Waals surface area contributed by atoms with Crippen molar-refractivity contribution in [2.75, 3.05) is 5.32 Å². The van der Waals surface area contributed by atoms with Gasteiger partial charge in [0.2, 0.25) is 5.91 Å². The lowest BCUT2D eigenvalue weighted by atomic mass is 10.1. The highest BCUT2D eigenvalue weighted by atomic mass is 32.2. The summed E-state index contributed by atoms with van der Waals surface area (Å²) in [5.74, 6) is -0.181. The van der Waals surface area contributed by atoms with Crippen LogP contribution >= 0.6 is 11.8 Å². The molecule has 0 aliphatic carbocycles. The SMILES string of the molecule is CC1Sc2ccc(C(=O)NC(C)c3ccccc3)cc2NC1=O. The molecule has 23 heavy (non-hydrogen) atoms. The monoisotopic (exact) mass is 326 g/mol. The van der Waals surface area contributed by atoms with Crippen molar-refractivity contribution in [3.05, 3.63) is 59.7 Å². The Kier molecular flexibility index (Phi) is 4.39. The first-order chi connectivity index (χ1) is 11.0. The molecule has 1 heterocycles. The van der Waals surface area contributed by atoms with E-state index in [1.54, 1.807) is 12.1 Å². The van der Waals surface area contributed by atoms with E-state index < -0.39 is 0 Å². The quantitative estimate of drug-likeness (QED) is 0.906. The number of carbonyl (C=O) groups is 2. The lowest BCUT2D eigenvalue weighted by molar-refractivity contribution is -0.115. The van der Waals surface area contributed by atoms with E-state index in [-0.39, 0.29) is 23.1 Å². The fraction of sp³-hybridized carbons (Fsp3) is 0.222. The largest absolute Gasteiger partial charge is 0.346 e. The Morgan fingerprint density at radius 1 is 1.22 bits per heavy atom. The number of anilines is 1. The Morgan fingerprint density at radius 3 is 2.70 bits per heavy atom. The summed E-state index contributed by atoms with van der Waals surface area (Å²) in [5.41, 5.74) is 2.30. The fourth-order valence-electron chi connectivity index (χ4n) is 2.46. The third kappa shape index (κ3) is 3.40. The van der Waals surface area contributed by atoms with E-state index >= 15 is 0 Å². The van der Waals surface area contributed by atoms with Gasteiger partial charge in [0, 0.05) is 10.5 Å². The number of thioether (sulfide) groups is 1. The van der Waals surface area contributed by atoms with Crippen molar-refractivity contribution in [1.29, 1.82) is 0 Å². The zero-order valence-electron chi connectivity index (χ0n) is 13.0. The number of rotatable bonds is 3. The highest BCUT2D eigenvalue weighted by Gasteiger charge is 2.24. The van der Waals surface area contributed by atoms with Crippen LogP contribution in [0.3, 0.4) is 0 Å². The molecule has 4 nitrogen and oxygen atoms in total. The molecule has 1 aliphatic rings. The molecule has 5 heteroatoms. The highest BCUT2D eigenvalue weighted by molar-refractivity contribution is 8.00. The van der Waals surface area contributed by atoms with E-state index in [0.717, 1.165) is 10.5 Å². The van der Waals surface area contributed by atoms with Gasteiger partial charge in [-0.15, -0.1) is 11.8 Å². The Hall–Kier alpha value is -2.27. The van der Waals surface area contributed by atoms with Crippen LogP contribution < -0.4 is 10.6 Å². The summed E-state index contributed by atoms with van der Waals surface area (Å²) in [6, 6.07) is 15.1. The molecule has 0 spiro atoms. The van der Waals surface area contributed by atoms with Crippen LogP contribution in [0.1, 0.15) is 35.8 Å². The van der Waals surface area contributed by atoms with E-state index in [2.05, 4.69) is 10.6 Å². The van der Waals surface area contributed by atoms with Crippen LogP contribution in [0.25, 0.3) is 0 Å². The maximum absolute atomic E-state index is 12.4. The summed E-state index contributed by atoms with van der Waals surface area (Å²) < 4.78 is 0. The zero-order chi connectivity index (χ0) is 16.4. The molecule has 118 valence electrons. The molecule has 2 unspecified atom stereocenters. The number of fused-ring (bicyclic) bond motifs is 1. The van der Waals surface area contributed by atoms with E-state index in [0.29, 0.717) is 11.3 Å². The molecule has 1 aliphatic heterocycles. The molecule has 2 aromatic rings. The van der Waals surface area contributed by atoms with Crippen LogP contribution in [0.5, 0.6) is 0 Å². The summed E-state index contributed by atoms with van der Waals surface area (Å²) in [6.45, 7) is 3.82. The molecule has 0 aromatic heterocycles. The van der Waals surface area contributed by atoms with Gasteiger partial charge in [-0.05, 0) is 37.6 Å².